The summed E-state index contributed by atoms with van der Waals surface area (Å²) in [7, 11) is 2.24. The van der Waals surface area contributed by atoms with E-state index < -0.39 is 0 Å². The summed E-state index contributed by atoms with van der Waals surface area (Å²) >= 11 is 0. The topological polar surface area (TPSA) is 32.5 Å². The van der Waals surface area contributed by atoms with Gasteiger partial charge >= 0.3 is 0 Å². The minimum absolute atomic E-state index is 0.190. The maximum absolute atomic E-state index is 6.14. The van der Waals surface area contributed by atoms with E-state index in [2.05, 4.69) is 61.0 Å². The van der Waals surface area contributed by atoms with Crippen LogP contribution in [0.15, 0.2) is 30.3 Å². The van der Waals surface area contributed by atoms with Gasteiger partial charge in [0.15, 0.2) is 0 Å². The zero-order valence-corrected chi connectivity index (χ0v) is 13.2. The molecule has 0 atom stereocenters. The van der Waals surface area contributed by atoms with Gasteiger partial charge in [0.25, 0.3) is 0 Å². The first-order chi connectivity index (χ1) is 9.57. The average Bonchev–Trinajstić information content (AvgIpc) is 2.47. The van der Waals surface area contributed by atoms with Crippen molar-refractivity contribution < 1.29 is 0 Å². The molecule has 0 spiro atoms. The number of likely N-dealkylation sites (N-methyl/N-ethyl adjacent to an activating group) is 1. The highest BCUT2D eigenvalue weighted by molar-refractivity contribution is 5.46. The fourth-order valence-electron chi connectivity index (χ4n) is 3.30. The monoisotopic (exact) mass is 275 g/mol. The lowest BCUT2D eigenvalue weighted by Crippen LogP contribution is -2.58. The van der Waals surface area contributed by atoms with Crippen molar-refractivity contribution in [2.45, 2.75) is 32.2 Å². The second kappa shape index (κ2) is 6.59. The van der Waals surface area contributed by atoms with Crippen LogP contribution in [0.25, 0.3) is 0 Å². The molecule has 0 saturated carbocycles. The highest BCUT2D eigenvalue weighted by atomic mass is 15.2. The van der Waals surface area contributed by atoms with Crippen molar-refractivity contribution in [3.8, 4) is 0 Å². The SMILES string of the molecule is CC(C)CN(C)C1(CN)CCN(c2ccccc2)CC1. The third kappa shape index (κ3) is 3.33. The first-order valence-corrected chi connectivity index (χ1v) is 7.79. The van der Waals surface area contributed by atoms with Crippen molar-refractivity contribution in [1.29, 1.82) is 0 Å². The van der Waals surface area contributed by atoms with Crippen molar-refractivity contribution >= 4 is 5.69 Å². The summed E-state index contributed by atoms with van der Waals surface area (Å²) in [5, 5.41) is 0. The van der Waals surface area contributed by atoms with Crippen molar-refractivity contribution in [3.63, 3.8) is 0 Å². The Balaban J connectivity index is 2.00. The van der Waals surface area contributed by atoms with Crippen molar-refractivity contribution in [3.05, 3.63) is 30.3 Å². The molecule has 1 heterocycles. The Bertz CT molecular complexity index is 394. The number of para-hydroxylation sites is 1. The highest BCUT2D eigenvalue weighted by Crippen LogP contribution is 2.30. The zero-order valence-electron chi connectivity index (χ0n) is 13.2. The standard InChI is InChI=1S/C17H29N3/c1-15(2)13-19(3)17(14-18)9-11-20(12-10-17)16-7-5-4-6-8-16/h4-8,15H,9-14,18H2,1-3H3. The molecular formula is C17H29N3. The minimum atomic E-state index is 0.190. The van der Waals surface area contributed by atoms with Crippen molar-refractivity contribution in [2.24, 2.45) is 11.7 Å². The molecule has 0 radical (unpaired) electrons. The van der Waals surface area contributed by atoms with Crippen LogP contribution >= 0.6 is 0 Å². The fraction of sp³-hybridized carbons (Fsp3) is 0.647. The smallest absolute Gasteiger partial charge is 0.0366 e. The van der Waals surface area contributed by atoms with E-state index in [1.165, 1.54) is 5.69 Å². The van der Waals surface area contributed by atoms with E-state index in [-0.39, 0.29) is 5.54 Å². The molecule has 0 unspecified atom stereocenters. The molecule has 0 bridgehead atoms. The number of piperidine rings is 1. The molecule has 3 nitrogen and oxygen atoms in total. The molecule has 0 aromatic heterocycles. The van der Waals surface area contributed by atoms with Gasteiger partial charge < -0.3 is 10.6 Å². The quantitative estimate of drug-likeness (QED) is 0.896. The second-order valence-corrected chi connectivity index (χ2v) is 6.53. The number of hydrogen-bond donors (Lipinski definition) is 1. The number of nitrogens with two attached hydrogens (primary N) is 1. The number of hydrogen-bond acceptors (Lipinski definition) is 3. The maximum atomic E-state index is 6.14. The van der Waals surface area contributed by atoms with E-state index in [4.69, 9.17) is 5.73 Å². The number of rotatable bonds is 5. The fourth-order valence-corrected chi connectivity index (χ4v) is 3.30. The number of nitrogens with zero attached hydrogens (tertiary/aromatic N) is 2. The predicted octanol–water partition coefficient (Wildman–Crippen LogP) is 2.57. The second-order valence-electron chi connectivity index (χ2n) is 6.53. The maximum Gasteiger partial charge on any atom is 0.0366 e. The van der Waals surface area contributed by atoms with E-state index in [0.29, 0.717) is 5.92 Å². The summed E-state index contributed by atoms with van der Waals surface area (Å²) in [5.41, 5.74) is 7.67. The number of benzene rings is 1. The summed E-state index contributed by atoms with van der Waals surface area (Å²) in [4.78, 5) is 4.98. The van der Waals surface area contributed by atoms with Gasteiger partial charge in [-0.05, 0) is 37.9 Å². The van der Waals surface area contributed by atoms with Gasteiger partial charge in [0.05, 0.1) is 0 Å². The summed E-state index contributed by atoms with van der Waals surface area (Å²) in [6, 6.07) is 10.7. The Morgan fingerprint density at radius 1 is 1.20 bits per heavy atom. The van der Waals surface area contributed by atoms with Gasteiger partial charge in [-0.15, -0.1) is 0 Å². The predicted molar refractivity (Wildman–Crippen MR) is 87.1 cm³/mol. The van der Waals surface area contributed by atoms with E-state index >= 15 is 0 Å². The van der Waals surface area contributed by atoms with Gasteiger partial charge in [0, 0.05) is 37.4 Å². The van der Waals surface area contributed by atoms with Gasteiger partial charge in [0.1, 0.15) is 0 Å². The first-order valence-electron chi connectivity index (χ1n) is 7.79. The lowest BCUT2D eigenvalue weighted by Gasteiger charge is -2.48. The van der Waals surface area contributed by atoms with Gasteiger partial charge in [-0.1, -0.05) is 32.0 Å². The molecule has 20 heavy (non-hydrogen) atoms. The van der Waals surface area contributed by atoms with Crippen LogP contribution in [0.4, 0.5) is 5.69 Å². The van der Waals surface area contributed by atoms with E-state index in [0.717, 1.165) is 39.0 Å². The van der Waals surface area contributed by atoms with Crippen LogP contribution < -0.4 is 10.6 Å². The normalized spacial score (nSPS) is 18.8. The molecule has 0 aliphatic carbocycles. The first kappa shape index (κ1) is 15.3. The molecule has 1 aliphatic heterocycles. The van der Waals surface area contributed by atoms with Crippen LogP contribution in [0.5, 0.6) is 0 Å². The molecule has 2 rings (SSSR count). The molecule has 3 heteroatoms. The number of anilines is 1. The van der Waals surface area contributed by atoms with Gasteiger partial charge in [-0.2, -0.15) is 0 Å². The summed E-state index contributed by atoms with van der Waals surface area (Å²) in [6.45, 7) is 8.65. The Kier molecular flexibility index (Phi) is 5.06. The molecule has 0 amide bonds. The Hall–Kier alpha value is -1.06. The van der Waals surface area contributed by atoms with Crippen LogP contribution in [0.2, 0.25) is 0 Å². The summed E-state index contributed by atoms with van der Waals surface area (Å²) in [6.07, 6.45) is 2.31. The summed E-state index contributed by atoms with van der Waals surface area (Å²) in [5.74, 6) is 0.690. The summed E-state index contributed by atoms with van der Waals surface area (Å²) < 4.78 is 0. The van der Waals surface area contributed by atoms with Gasteiger partial charge in [-0.25, -0.2) is 0 Å². The Labute approximate surface area is 123 Å². The van der Waals surface area contributed by atoms with Gasteiger partial charge in [0.2, 0.25) is 0 Å². The average molecular weight is 275 g/mol. The van der Waals surface area contributed by atoms with E-state index in [1.807, 2.05) is 0 Å². The van der Waals surface area contributed by atoms with Crippen LogP contribution in [-0.2, 0) is 0 Å². The molecule has 1 aromatic rings. The molecule has 1 saturated heterocycles. The lowest BCUT2D eigenvalue weighted by molar-refractivity contribution is 0.0849. The molecule has 1 aliphatic rings. The lowest BCUT2D eigenvalue weighted by atomic mass is 9.85. The Morgan fingerprint density at radius 3 is 2.30 bits per heavy atom. The van der Waals surface area contributed by atoms with Gasteiger partial charge in [-0.3, -0.25) is 4.90 Å². The molecule has 2 N–H and O–H groups in total. The molecule has 112 valence electrons. The third-order valence-corrected chi connectivity index (χ3v) is 4.64. The minimum Gasteiger partial charge on any atom is -0.371 e. The zero-order chi connectivity index (χ0) is 14.6. The van der Waals surface area contributed by atoms with Crippen LogP contribution in [0.1, 0.15) is 26.7 Å². The van der Waals surface area contributed by atoms with E-state index in [1.54, 1.807) is 0 Å². The third-order valence-electron chi connectivity index (χ3n) is 4.64. The van der Waals surface area contributed by atoms with Crippen LogP contribution in [0, 0.1) is 5.92 Å². The molecule has 1 aromatic carbocycles. The van der Waals surface area contributed by atoms with Crippen molar-refractivity contribution in [2.75, 3.05) is 38.1 Å². The Morgan fingerprint density at radius 2 is 1.80 bits per heavy atom. The van der Waals surface area contributed by atoms with Crippen LogP contribution in [-0.4, -0.2) is 43.7 Å². The van der Waals surface area contributed by atoms with Crippen LogP contribution in [0.3, 0.4) is 0 Å². The molecular weight excluding hydrogens is 246 g/mol. The van der Waals surface area contributed by atoms with E-state index in [9.17, 15) is 0 Å². The molecule has 1 fully saturated rings. The largest absolute Gasteiger partial charge is 0.371 e. The highest BCUT2D eigenvalue weighted by Gasteiger charge is 2.37. The van der Waals surface area contributed by atoms with Crippen molar-refractivity contribution in [1.82, 2.24) is 4.90 Å².